The van der Waals surface area contributed by atoms with Crippen LogP contribution in [0.4, 0.5) is 4.39 Å². The van der Waals surface area contributed by atoms with Gasteiger partial charge in [0, 0.05) is 31.0 Å². The number of nitrogens with zero attached hydrogens (tertiary/aromatic N) is 3. The Hall–Kier alpha value is -2.95. The van der Waals surface area contributed by atoms with Crippen molar-refractivity contribution < 1.29 is 9.18 Å². The minimum absolute atomic E-state index is 0.00150. The van der Waals surface area contributed by atoms with Gasteiger partial charge in [-0.3, -0.25) is 4.79 Å². The van der Waals surface area contributed by atoms with Crippen LogP contribution in [0.15, 0.2) is 61.2 Å². The van der Waals surface area contributed by atoms with E-state index in [1.165, 1.54) is 6.07 Å². The molecule has 132 valence electrons. The second-order valence-corrected chi connectivity index (χ2v) is 6.62. The smallest absolute Gasteiger partial charge is 0.223 e. The molecule has 26 heavy (non-hydrogen) atoms. The normalized spacial score (nSPS) is 17.2. The van der Waals surface area contributed by atoms with Crippen LogP contribution in [0.5, 0.6) is 0 Å². The molecule has 2 heterocycles. The highest BCUT2D eigenvalue weighted by Crippen LogP contribution is 2.31. The van der Waals surface area contributed by atoms with Gasteiger partial charge in [0.25, 0.3) is 0 Å². The largest absolute Gasteiger partial charge is 0.338 e. The first-order valence-corrected chi connectivity index (χ1v) is 8.74. The van der Waals surface area contributed by atoms with Crippen LogP contribution in [-0.2, 0) is 11.3 Å². The van der Waals surface area contributed by atoms with E-state index in [0.717, 1.165) is 16.9 Å². The van der Waals surface area contributed by atoms with Crippen molar-refractivity contribution in [2.75, 3.05) is 13.1 Å². The number of hydrogen-bond donors (Lipinski definition) is 0. The van der Waals surface area contributed by atoms with Gasteiger partial charge in [0.2, 0.25) is 5.91 Å². The third-order valence-electron chi connectivity index (χ3n) is 4.90. The summed E-state index contributed by atoms with van der Waals surface area (Å²) in [6.07, 6.45) is 2.16. The Kier molecular flexibility index (Phi) is 4.29. The predicted molar refractivity (Wildman–Crippen MR) is 99.4 cm³/mol. The van der Waals surface area contributed by atoms with Gasteiger partial charge in [-0.15, -0.1) is 6.58 Å². The lowest BCUT2D eigenvalue weighted by Crippen LogP contribution is -2.25. The maximum absolute atomic E-state index is 14.2. The van der Waals surface area contributed by atoms with E-state index in [0.29, 0.717) is 31.6 Å². The summed E-state index contributed by atoms with van der Waals surface area (Å²) in [5.41, 5.74) is 2.44. The third-order valence-corrected chi connectivity index (χ3v) is 4.90. The van der Waals surface area contributed by atoms with Crippen LogP contribution in [0.1, 0.15) is 23.7 Å². The fraction of sp³-hybridized carbons (Fsp3) is 0.238. The average molecular weight is 349 g/mol. The van der Waals surface area contributed by atoms with Gasteiger partial charge in [-0.05, 0) is 18.2 Å². The summed E-state index contributed by atoms with van der Waals surface area (Å²) in [6.45, 7) is 5.28. The van der Waals surface area contributed by atoms with E-state index in [4.69, 9.17) is 4.98 Å². The standard InChI is InChI=1S/C21H20FN3O/c1-2-11-24-13-16(12-20(24)26)21-23-18-9-5-6-10-19(18)25(21)14-15-7-3-4-8-17(15)22/h2-10,16H,1,11-14H2/t16-/m1/s1. The Morgan fingerprint density at radius 1 is 1.19 bits per heavy atom. The second kappa shape index (κ2) is 6.75. The number of halogens is 1. The molecule has 1 fully saturated rings. The number of aromatic nitrogens is 2. The average Bonchev–Trinajstić information content (AvgIpc) is 3.18. The molecule has 0 saturated carbocycles. The van der Waals surface area contributed by atoms with Crippen molar-refractivity contribution in [3.8, 4) is 0 Å². The minimum atomic E-state index is -0.230. The van der Waals surface area contributed by atoms with Gasteiger partial charge >= 0.3 is 0 Å². The molecule has 0 N–H and O–H groups in total. The van der Waals surface area contributed by atoms with Crippen LogP contribution in [0, 0.1) is 5.82 Å². The van der Waals surface area contributed by atoms with Crippen molar-refractivity contribution in [1.82, 2.24) is 14.5 Å². The Morgan fingerprint density at radius 2 is 1.96 bits per heavy atom. The fourth-order valence-electron chi connectivity index (χ4n) is 3.65. The van der Waals surface area contributed by atoms with Gasteiger partial charge in [-0.1, -0.05) is 36.4 Å². The first kappa shape index (κ1) is 16.5. The van der Waals surface area contributed by atoms with E-state index in [-0.39, 0.29) is 17.6 Å². The van der Waals surface area contributed by atoms with Crippen molar-refractivity contribution in [1.29, 1.82) is 0 Å². The predicted octanol–water partition coefficient (Wildman–Crippen LogP) is 3.73. The first-order chi connectivity index (χ1) is 12.7. The maximum Gasteiger partial charge on any atom is 0.223 e. The van der Waals surface area contributed by atoms with Gasteiger partial charge in [0.05, 0.1) is 17.6 Å². The van der Waals surface area contributed by atoms with E-state index in [9.17, 15) is 9.18 Å². The van der Waals surface area contributed by atoms with E-state index in [1.54, 1.807) is 23.1 Å². The molecule has 1 atom stereocenters. The molecule has 0 bridgehead atoms. The Balaban J connectivity index is 1.76. The van der Waals surface area contributed by atoms with Crippen LogP contribution in [-0.4, -0.2) is 33.4 Å². The van der Waals surface area contributed by atoms with Crippen molar-refractivity contribution in [2.24, 2.45) is 0 Å². The molecule has 0 radical (unpaired) electrons. The summed E-state index contributed by atoms with van der Waals surface area (Å²) in [5.74, 6) is 0.724. The SMILES string of the molecule is C=CCN1C[C@H](c2nc3ccccc3n2Cc2ccccc2F)CC1=O. The molecular weight excluding hydrogens is 329 g/mol. The second-order valence-electron chi connectivity index (χ2n) is 6.62. The molecule has 1 aliphatic heterocycles. The van der Waals surface area contributed by atoms with Crippen LogP contribution in [0.2, 0.25) is 0 Å². The summed E-state index contributed by atoms with van der Waals surface area (Å²) in [5, 5.41) is 0. The maximum atomic E-state index is 14.2. The van der Waals surface area contributed by atoms with Gasteiger partial charge < -0.3 is 9.47 Å². The lowest BCUT2D eigenvalue weighted by Gasteiger charge is -2.16. The fourth-order valence-corrected chi connectivity index (χ4v) is 3.65. The van der Waals surface area contributed by atoms with E-state index in [2.05, 4.69) is 6.58 Å². The lowest BCUT2D eigenvalue weighted by molar-refractivity contribution is -0.127. The number of likely N-dealkylation sites (tertiary alicyclic amines) is 1. The van der Waals surface area contributed by atoms with E-state index < -0.39 is 0 Å². The third kappa shape index (κ3) is 2.90. The van der Waals surface area contributed by atoms with Gasteiger partial charge in [-0.25, -0.2) is 9.37 Å². The molecule has 1 saturated heterocycles. The molecule has 5 heteroatoms. The van der Waals surface area contributed by atoms with Crippen LogP contribution in [0.25, 0.3) is 11.0 Å². The first-order valence-electron chi connectivity index (χ1n) is 8.74. The zero-order valence-electron chi connectivity index (χ0n) is 14.4. The van der Waals surface area contributed by atoms with Crippen molar-refractivity contribution in [2.45, 2.75) is 18.9 Å². The van der Waals surface area contributed by atoms with Crippen molar-refractivity contribution in [3.63, 3.8) is 0 Å². The molecule has 3 aromatic rings. The molecule has 1 aliphatic rings. The number of benzene rings is 2. The van der Waals surface area contributed by atoms with E-state index in [1.807, 2.05) is 34.9 Å². The van der Waals surface area contributed by atoms with Crippen LogP contribution in [0.3, 0.4) is 0 Å². The molecule has 4 nitrogen and oxygen atoms in total. The molecule has 1 aromatic heterocycles. The molecule has 4 rings (SSSR count). The van der Waals surface area contributed by atoms with Crippen LogP contribution >= 0.6 is 0 Å². The van der Waals surface area contributed by atoms with E-state index >= 15 is 0 Å². The lowest BCUT2D eigenvalue weighted by atomic mass is 10.1. The summed E-state index contributed by atoms with van der Waals surface area (Å²) in [6, 6.07) is 14.6. The number of fused-ring (bicyclic) bond motifs is 1. The zero-order valence-corrected chi connectivity index (χ0v) is 14.4. The Bertz CT molecular complexity index is 978. The van der Waals surface area contributed by atoms with Gasteiger partial charge in [-0.2, -0.15) is 0 Å². The highest BCUT2D eigenvalue weighted by Gasteiger charge is 2.33. The molecule has 0 unspecified atom stereocenters. The number of carbonyl (C=O) groups excluding carboxylic acids is 1. The number of hydrogen-bond acceptors (Lipinski definition) is 2. The molecule has 0 spiro atoms. The molecular formula is C21H20FN3O. The number of rotatable bonds is 5. The zero-order chi connectivity index (χ0) is 18.1. The number of imidazole rings is 1. The summed E-state index contributed by atoms with van der Waals surface area (Å²) in [4.78, 5) is 18.8. The Morgan fingerprint density at radius 3 is 2.77 bits per heavy atom. The number of carbonyl (C=O) groups is 1. The quantitative estimate of drug-likeness (QED) is 0.659. The highest BCUT2D eigenvalue weighted by molar-refractivity contribution is 5.81. The van der Waals surface area contributed by atoms with Crippen molar-refractivity contribution >= 4 is 16.9 Å². The molecule has 0 aliphatic carbocycles. The molecule has 1 amide bonds. The van der Waals surface area contributed by atoms with Crippen molar-refractivity contribution in [3.05, 3.63) is 78.4 Å². The topological polar surface area (TPSA) is 38.1 Å². The van der Waals surface area contributed by atoms with Crippen LogP contribution < -0.4 is 0 Å². The van der Waals surface area contributed by atoms with Gasteiger partial charge in [0.15, 0.2) is 0 Å². The monoisotopic (exact) mass is 349 g/mol. The summed E-state index contributed by atoms with van der Waals surface area (Å²) >= 11 is 0. The minimum Gasteiger partial charge on any atom is -0.338 e. The molecule has 2 aromatic carbocycles. The summed E-state index contributed by atoms with van der Waals surface area (Å²) < 4.78 is 16.3. The summed E-state index contributed by atoms with van der Waals surface area (Å²) in [7, 11) is 0. The van der Waals surface area contributed by atoms with Gasteiger partial charge in [0.1, 0.15) is 11.6 Å². The number of amides is 1. The Labute approximate surface area is 151 Å². The highest BCUT2D eigenvalue weighted by atomic mass is 19.1. The number of para-hydroxylation sites is 2.